The van der Waals surface area contributed by atoms with Crippen LogP contribution in [-0.4, -0.2) is 45.7 Å². The molecule has 2 bridgehead atoms. The largest absolute Gasteiger partial charge is 0.396 e. The highest BCUT2D eigenvalue weighted by Crippen LogP contribution is 2.70. The van der Waals surface area contributed by atoms with Crippen LogP contribution in [0.1, 0.15) is 46.0 Å². The van der Waals surface area contributed by atoms with E-state index in [0.717, 1.165) is 12.8 Å². The zero-order chi connectivity index (χ0) is 18.4. The number of rotatable bonds is 1. The molecular weight excluding hydrogens is 320 g/mol. The number of Topliss-reactive ketones (excluding diaryl/α,β-unsaturated/α-hetero) is 2. The number of hydrogen-bond donors (Lipinski definition) is 3. The molecule has 4 fully saturated rings. The lowest BCUT2D eigenvalue weighted by atomic mass is 9.39. The van der Waals surface area contributed by atoms with E-state index in [4.69, 9.17) is 0 Å². The third kappa shape index (κ3) is 1.75. The molecule has 4 aliphatic carbocycles. The summed E-state index contributed by atoms with van der Waals surface area (Å²) in [5.74, 6) is -1.93. The number of aliphatic hydroxyl groups excluding tert-OH is 3. The van der Waals surface area contributed by atoms with Gasteiger partial charge in [0.25, 0.3) is 0 Å². The van der Waals surface area contributed by atoms with E-state index in [2.05, 4.69) is 20.4 Å². The molecule has 3 unspecified atom stereocenters. The third-order valence-electron chi connectivity index (χ3n) is 8.20. The minimum Gasteiger partial charge on any atom is -0.396 e. The highest BCUT2D eigenvalue weighted by atomic mass is 16.3. The van der Waals surface area contributed by atoms with Crippen molar-refractivity contribution in [2.24, 2.45) is 34.0 Å². The van der Waals surface area contributed by atoms with Gasteiger partial charge in [-0.25, -0.2) is 0 Å². The van der Waals surface area contributed by atoms with E-state index in [0.29, 0.717) is 12.8 Å². The van der Waals surface area contributed by atoms with Crippen LogP contribution in [0.4, 0.5) is 0 Å². The van der Waals surface area contributed by atoms with Gasteiger partial charge in [0.1, 0.15) is 5.78 Å². The van der Waals surface area contributed by atoms with Crippen LogP contribution >= 0.6 is 0 Å². The minimum absolute atomic E-state index is 0.0567. The van der Waals surface area contributed by atoms with Gasteiger partial charge < -0.3 is 15.3 Å². The molecule has 0 saturated heterocycles. The van der Waals surface area contributed by atoms with Crippen LogP contribution < -0.4 is 0 Å². The number of aliphatic hydroxyl groups is 3. The summed E-state index contributed by atoms with van der Waals surface area (Å²) in [6, 6.07) is 0. The maximum Gasteiger partial charge on any atom is 0.170 e. The monoisotopic (exact) mass is 348 g/mol. The molecule has 0 aromatic heterocycles. The summed E-state index contributed by atoms with van der Waals surface area (Å²) in [6.07, 6.45) is 0.743. The molecule has 0 aromatic rings. The van der Waals surface area contributed by atoms with Crippen LogP contribution in [0.2, 0.25) is 0 Å². The molecule has 0 aliphatic heterocycles. The van der Waals surface area contributed by atoms with Gasteiger partial charge >= 0.3 is 0 Å². The maximum atomic E-state index is 13.2. The molecule has 5 nitrogen and oxygen atoms in total. The molecule has 4 saturated carbocycles. The zero-order valence-corrected chi connectivity index (χ0v) is 15.0. The lowest BCUT2D eigenvalue weighted by Gasteiger charge is -2.64. The topological polar surface area (TPSA) is 94.8 Å². The summed E-state index contributed by atoms with van der Waals surface area (Å²) in [4.78, 5) is 26.3. The average Bonchev–Trinajstić information content (AvgIpc) is 2.67. The zero-order valence-electron chi connectivity index (χ0n) is 15.0. The highest BCUT2D eigenvalue weighted by Gasteiger charge is 2.76. The average molecular weight is 348 g/mol. The summed E-state index contributed by atoms with van der Waals surface area (Å²) < 4.78 is 0. The normalized spacial score (nSPS) is 51.2. The van der Waals surface area contributed by atoms with Crippen molar-refractivity contribution in [1.29, 1.82) is 0 Å². The Morgan fingerprint density at radius 2 is 1.88 bits per heavy atom. The quantitative estimate of drug-likeness (QED) is 0.620. The molecular formula is C20H28O5. The van der Waals surface area contributed by atoms with E-state index in [-0.39, 0.29) is 41.5 Å². The molecule has 0 heterocycles. The molecule has 5 heteroatoms. The van der Waals surface area contributed by atoms with Crippen molar-refractivity contribution in [3.8, 4) is 0 Å². The molecule has 0 amide bonds. The van der Waals surface area contributed by atoms with Gasteiger partial charge in [-0.15, -0.1) is 0 Å². The molecule has 0 aromatic carbocycles. The Kier molecular flexibility index (Phi) is 3.49. The first kappa shape index (κ1) is 17.4. The fraction of sp³-hybridized carbons (Fsp3) is 0.800. The molecule has 0 radical (unpaired) electrons. The number of carbonyl (C=O) groups excluding carboxylic acids is 2. The molecule has 3 N–H and O–H groups in total. The number of carbonyl (C=O) groups is 2. The predicted octanol–water partition coefficient (Wildman–Crippen LogP) is 1.25. The molecule has 4 rings (SSSR count). The van der Waals surface area contributed by atoms with E-state index in [9.17, 15) is 24.9 Å². The van der Waals surface area contributed by atoms with Gasteiger partial charge in [0.15, 0.2) is 5.78 Å². The van der Waals surface area contributed by atoms with E-state index in [1.165, 1.54) is 0 Å². The first-order valence-electron chi connectivity index (χ1n) is 9.38. The number of fused-ring (bicyclic) bond motifs is 3. The van der Waals surface area contributed by atoms with Crippen LogP contribution in [0.15, 0.2) is 12.2 Å². The summed E-state index contributed by atoms with van der Waals surface area (Å²) >= 11 is 0. The Labute approximate surface area is 148 Å². The standard InChI is InChI=1S/C20H28O5/c1-10-11-7-12(22)15-19(9-21)6-4-5-18(2,3)13(19)8-14(23)20(15,16(10)24)17(11)25/h11,13-15,17,21,23,25H,1,4-9H2,2-3H3/t11?,13-,14?,15+,17+,19+,20?/m1/s1. The van der Waals surface area contributed by atoms with Crippen molar-refractivity contribution in [3.05, 3.63) is 12.2 Å². The predicted molar refractivity (Wildman–Crippen MR) is 90.5 cm³/mol. The summed E-state index contributed by atoms with van der Waals surface area (Å²) in [5.41, 5.74) is -2.12. The second kappa shape index (κ2) is 5.02. The fourth-order valence-electron chi connectivity index (χ4n) is 7.18. The van der Waals surface area contributed by atoms with Crippen LogP contribution in [0.25, 0.3) is 0 Å². The Bertz CT molecular complexity index is 667. The van der Waals surface area contributed by atoms with Crippen molar-refractivity contribution in [3.63, 3.8) is 0 Å². The van der Waals surface area contributed by atoms with Crippen molar-refractivity contribution >= 4 is 11.6 Å². The molecule has 138 valence electrons. The number of hydrogen-bond acceptors (Lipinski definition) is 5. The van der Waals surface area contributed by atoms with Gasteiger partial charge in [-0.05, 0) is 36.2 Å². The molecule has 1 spiro atoms. The lowest BCUT2D eigenvalue weighted by molar-refractivity contribution is -0.232. The van der Waals surface area contributed by atoms with Gasteiger partial charge in [-0.2, -0.15) is 0 Å². The van der Waals surface area contributed by atoms with Crippen molar-refractivity contribution < 1.29 is 24.9 Å². The van der Waals surface area contributed by atoms with Crippen molar-refractivity contribution in [2.45, 2.75) is 58.2 Å². The van der Waals surface area contributed by atoms with Crippen molar-refractivity contribution in [1.82, 2.24) is 0 Å². The first-order chi connectivity index (χ1) is 11.6. The van der Waals surface area contributed by atoms with E-state index in [1.807, 2.05) is 0 Å². The van der Waals surface area contributed by atoms with Crippen LogP contribution in [0.5, 0.6) is 0 Å². The van der Waals surface area contributed by atoms with E-state index in [1.54, 1.807) is 0 Å². The maximum absolute atomic E-state index is 13.2. The Balaban J connectivity index is 1.96. The Hall–Kier alpha value is -1.04. The minimum atomic E-state index is -1.51. The SMILES string of the molecule is C=C1C(=O)C23C(O)C[C@@H]4C(C)(C)CCC[C@@]4(CO)[C@@H]2C(=O)CC1[C@@H]3O. The smallest absolute Gasteiger partial charge is 0.170 e. The van der Waals surface area contributed by atoms with E-state index < -0.39 is 34.9 Å². The third-order valence-corrected chi connectivity index (χ3v) is 8.20. The Morgan fingerprint density at radius 1 is 1.20 bits per heavy atom. The highest BCUT2D eigenvalue weighted by molar-refractivity contribution is 6.09. The van der Waals surface area contributed by atoms with Gasteiger partial charge in [0.2, 0.25) is 0 Å². The Morgan fingerprint density at radius 3 is 2.52 bits per heavy atom. The van der Waals surface area contributed by atoms with Gasteiger partial charge in [0.05, 0.1) is 17.6 Å². The number of ketones is 2. The van der Waals surface area contributed by atoms with E-state index >= 15 is 0 Å². The van der Waals surface area contributed by atoms with Crippen LogP contribution in [0, 0.1) is 34.0 Å². The lowest BCUT2D eigenvalue weighted by Crippen LogP contribution is -2.70. The molecule has 7 atom stereocenters. The van der Waals surface area contributed by atoms with Crippen molar-refractivity contribution in [2.75, 3.05) is 6.61 Å². The van der Waals surface area contributed by atoms with Crippen LogP contribution in [0.3, 0.4) is 0 Å². The first-order valence-corrected chi connectivity index (χ1v) is 9.38. The molecule has 4 aliphatic rings. The van der Waals surface area contributed by atoms with Gasteiger partial charge in [-0.3, -0.25) is 9.59 Å². The summed E-state index contributed by atoms with van der Waals surface area (Å²) in [7, 11) is 0. The second-order valence-electron chi connectivity index (χ2n) is 9.48. The summed E-state index contributed by atoms with van der Waals surface area (Å²) in [5, 5.41) is 32.5. The second-order valence-corrected chi connectivity index (χ2v) is 9.48. The van der Waals surface area contributed by atoms with Crippen LogP contribution in [-0.2, 0) is 9.59 Å². The summed E-state index contributed by atoms with van der Waals surface area (Å²) in [6.45, 7) is 7.88. The van der Waals surface area contributed by atoms with Gasteiger partial charge in [0, 0.05) is 30.3 Å². The van der Waals surface area contributed by atoms with Gasteiger partial charge in [-0.1, -0.05) is 26.8 Å². The molecule has 25 heavy (non-hydrogen) atoms. The fourth-order valence-corrected chi connectivity index (χ4v) is 7.18.